The number of benzene rings is 1. The zero-order chi connectivity index (χ0) is 13.1. The molecule has 0 aromatic heterocycles. The van der Waals surface area contributed by atoms with E-state index in [2.05, 4.69) is 36.9 Å². The molecule has 0 spiro atoms. The van der Waals surface area contributed by atoms with Crippen molar-refractivity contribution in [2.75, 3.05) is 19.6 Å². The first-order valence-corrected chi connectivity index (χ1v) is 6.71. The number of aliphatic hydroxyl groups is 2. The molecule has 1 saturated heterocycles. The third-order valence-corrected chi connectivity index (χ3v) is 3.60. The van der Waals surface area contributed by atoms with Gasteiger partial charge in [-0.1, -0.05) is 29.3 Å². The van der Waals surface area contributed by atoms with Gasteiger partial charge in [-0.3, -0.25) is 0 Å². The third kappa shape index (κ3) is 3.55. The van der Waals surface area contributed by atoms with Gasteiger partial charge in [0, 0.05) is 19.6 Å². The highest BCUT2D eigenvalue weighted by Crippen LogP contribution is 2.21. The van der Waals surface area contributed by atoms with Gasteiger partial charge < -0.3 is 15.1 Å². The van der Waals surface area contributed by atoms with Crippen LogP contribution in [0.1, 0.15) is 35.6 Å². The van der Waals surface area contributed by atoms with Crippen LogP contribution in [0.15, 0.2) is 18.2 Å². The molecule has 2 unspecified atom stereocenters. The molecule has 3 heteroatoms. The summed E-state index contributed by atoms with van der Waals surface area (Å²) in [5, 5.41) is 19.7. The normalized spacial score (nSPS) is 22.3. The predicted molar refractivity (Wildman–Crippen MR) is 72.6 cm³/mol. The summed E-state index contributed by atoms with van der Waals surface area (Å²) in [5.74, 6) is 0. The van der Waals surface area contributed by atoms with Gasteiger partial charge in [-0.2, -0.15) is 0 Å². The summed E-state index contributed by atoms with van der Waals surface area (Å²) in [5.41, 5.74) is 3.40. The van der Waals surface area contributed by atoms with Gasteiger partial charge in [-0.25, -0.2) is 0 Å². The Morgan fingerprint density at radius 2 is 1.94 bits per heavy atom. The summed E-state index contributed by atoms with van der Waals surface area (Å²) in [6.45, 7) is 6.66. The lowest BCUT2D eigenvalue weighted by molar-refractivity contribution is 0.138. The van der Waals surface area contributed by atoms with Gasteiger partial charge in [-0.05, 0) is 32.3 Å². The Labute approximate surface area is 109 Å². The van der Waals surface area contributed by atoms with Crippen LogP contribution in [0.5, 0.6) is 0 Å². The second-order valence-electron chi connectivity index (χ2n) is 5.47. The molecule has 1 aromatic rings. The topological polar surface area (TPSA) is 43.7 Å². The van der Waals surface area contributed by atoms with E-state index in [0.717, 1.165) is 38.0 Å². The SMILES string of the molecule is Cc1cc(C)cc(C(O)CCN2CCC(O)C2)c1. The van der Waals surface area contributed by atoms with Crippen LogP contribution < -0.4 is 0 Å². The molecule has 1 aromatic carbocycles. The first-order chi connectivity index (χ1) is 8.54. The molecule has 2 atom stereocenters. The first kappa shape index (κ1) is 13.5. The molecule has 1 aliphatic heterocycles. The molecular formula is C15H23NO2. The number of aryl methyl sites for hydroxylation is 2. The summed E-state index contributed by atoms with van der Waals surface area (Å²) in [6.07, 6.45) is 1.01. The van der Waals surface area contributed by atoms with Crippen molar-refractivity contribution in [2.24, 2.45) is 0 Å². The number of aliphatic hydroxyl groups excluding tert-OH is 2. The molecule has 0 bridgehead atoms. The van der Waals surface area contributed by atoms with E-state index < -0.39 is 6.10 Å². The third-order valence-electron chi connectivity index (χ3n) is 3.60. The fourth-order valence-electron chi connectivity index (χ4n) is 2.69. The molecule has 1 fully saturated rings. The van der Waals surface area contributed by atoms with E-state index in [1.807, 2.05) is 0 Å². The number of nitrogens with zero attached hydrogens (tertiary/aromatic N) is 1. The Balaban J connectivity index is 1.89. The minimum Gasteiger partial charge on any atom is -0.392 e. The highest BCUT2D eigenvalue weighted by molar-refractivity contribution is 5.29. The van der Waals surface area contributed by atoms with Crippen molar-refractivity contribution in [3.05, 3.63) is 34.9 Å². The Kier molecular flexibility index (Phi) is 4.38. The Bertz CT molecular complexity index is 385. The number of hydrogen-bond donors (Lipinski definition) is 2. The van der Waals surface area contributed by atoms with Crippen molar-refractivity contribution in [2.45, 2.75) is 38.9 Å². The van der Waals surface area contributed by atoms with E-state index in [4.69, 9.17) is 0 Å². The van der Waals surface area contributed by atoms with Crippen LogP contribution in [0.4, 0.5) is 0 Å². The van der Waals surface area contributed by atoms with E-state index in [1.165, 1.54) is 11.1 Å². The van der Waals surface area contributed by atoms with Gasteiger partial charge in [0.1, 0.15) is 0 Å². The van der Waals surface area contributed by atoms with Crippen molar-refractivity contribution in [3.63, 3.8) is 0 Å². The molecule has 0 radical (unpaired) electrons. The van der Waals surface area contributed by atoms with Crippen LogP contribution >= 0.6 is 0 Å². The standard InChI is InChI=1S/C15H23NO2/c1-11-7-12(2)9-13(8-11)15(18)4-6-16-5-3-14(17)10-16/h7-9,14-15,17-18H,3-6,10H2,1-2H3. The van der Waals surface area contributed by atoms with Crippen molar-refractivity contribution in [1.82, 2.24) is 4.90 Å². The van der Waals surface area contributed by atoms with Gasteiger partial charge in [0.15, 0.2) is 0 Å². The molecule has 3 nitrogen and oxygen atoms in total. The van der Waals surface area contributed by atoms with E-state index in [-0.39, 0.29) is 6.10 Å². The van der Waals surface area contributed by atoms with Crippen molar-refractivity contribution in [1.29, 1.82) is 0 Å². The van der Waals surface area contributed by atoms with Crippen LogP contribution in [-0.2, 0) is 0 Å². The number of rotatable bonds is 4. The predicted octanol–water partition coefficient (Wildman–Crippen LogP) is 1.79. The van der Waals surface area contributed by atoms with Gasteiger partial charge in [-0.15, -0.1) is 0 Å². The van der Waals surface area contributed by atoms with Crippen LogP contribution in [-0.4, -0.2) is 40.9 Å². The molecule has 2 N–H and O–H groups in total. The Morgan fingerprint density at radius 1 is 1.28 bits per heavy atom. The molecule has 1 heterocycles. The van der Waals surface area contributed by atoms with Gasteiger partial charge in [0.2, 0.25) is 0 Å². The van der Waals surface area contributed by atoms with Crippen LogP contribution in [0.3, 0.4) is 0 Å². The quantitative estimate of drug-likeness (QED) is 0.855. The second-order valence-corrected chi connectivity index (χ2v) is 5.47. The average molecular weight is 249 g/mol. The fourth-order valence-corrected chi connectivity index (χ4v) is 2.69. The van der Waals surface area contributed by atoms with Crippen LogP contribution in [0, 0.1) is 13.8 Å². The van der Waals surface area contributed by atoms with Crippen molar-refractivity contribution in [3.8, 4) is 0 Å². The van der Waals surface area contributed by atoms with Crippen molar-refractivity contribution < 1.29 is 10.2 Å². The molecule has 0 aliphatic carbocycles. The maximum Gasteiger partial charge on any atom is 0.0802 e. The minimum absolute atomic E-state index is 0.177. The Hall–Kier alpha value is -0.900. The molecule has 0 saturated carbocycles. The Morgan fingerprint density at radius 3 is 2.50 bits per heavy atom. The minimum atomic E-state index is -0.402. The summed E-state index contributed by atoms with van der Waals surface area (Å²) in [6, 6.07) is 6.22. The zero-order valence-corrected chi connectivity index (χ0v) is 11.3. The summed E-state index contributed by atoms with van der Waals surface area (Å²) in [7, 11) is 0. The molecule has 18 heavy (non-hydrogen) atoms. The lowest BCUT2D eigenvalue weighted by Gasteiger charge is -2.18. The maximum atomic E-state index is 10.2. The molecule has 100 valence electrons. The lowest BCUT2D eigenvalue weighted by atomic mass is 10.0. The van der Waals surface area contributed by atoms with Crippen LogP contribution in [0.2, 0.25) is 0 Å². The van der Waals surface area contributed by atoms with Gasteiger partial charge >= 0.3 is 0 Å². The van der Waals surface area contributed by atoms with Crippen molar-refractivity contribution >= 4 is 0 Å². The average Bonchev–Trinajstić information content (AvgIpc) is 2.70. The van der Waals surface area contributed by atoms with Gasteiger partial charge in [0.05, 0.1) is 12.2 Å². The molecular weight excluding hydrogens is 226 g/mol. The molecule has 1 aliphatic rings. The largest absolute Gasteiger partial charge is 0.392 e. The number of hydrogen-bond acceptors (Lipinski definition) is 3. The van der Waals surface area contributed by atoms with E-state index >= 15 is 0 Å². The summed E-state index contributed by atoms with van der Waals surface area (Å²) in [4.78, 5) is 2.22. The van der Waals surface area contributed by atoms with E-state index in [1.54, 1.807) is 0 Å². The maximum absolute atomic E-state index is 10.2. The highest BCUT2D eigenvalue weighted by Gasteiger charge is 2.20. The number of β-amino-alcohol motifs (C(OH)–C–C–N with tert-alkyl or cyclic N) is 1. The molecule has 2 rings (SSSR count). The summed E-state index contributed by atoms with van der Waals surface area (Å²) >= 11 is 0. The monoisotopic (exact) mass is 249 g/mol. The fraction of sp³-hybridized carbons (Fsp3) is 0.600. The first-order valence-electron chi connectivity index (χ1n) is 6.71. The second kappa shape index (κ2) is 5.83. The molecule has 0 amide bonds. The van der Waals surface area contributed by atoms with Gasteiger partial charge in [0.25, 0.3) is 0 Å². The van der Waals surface area contributed by atoms with E-state index in [9.17, 15) is 10.2 Å². The van der Waals surface area contributed by atoms with Crippen LogP contribution in [0.25, 0.3) is 0 Å². The summed E-state index contributed by atoms with van der Waals surface area (Å²) < 4.78 is 0. The smallest absolute Gasteiger partial charge is 0.0802 e. The number of likely N-dealkylation sites (tertiary alicyclic amines) is 1. The van der Waals surface area contributed by atoms with E-state index in [0.29, 0.717) is 0 Å². The highest BCUT2D eigenvalue weighted by atomic mass is 16.3. The lowest BCUT2D eigenvalue weighted by Crippen LogP contribution is -2.24. The zero-order valence-electron chi connectivity index (χ0n) is 11.3.